The number of Topliss-reactive ketones (excluding diaryl/α,β-unsaturated/α-hetero) is 1. The number of hydrogen-bond acceptors (Lipinski definition) is 7. The summed E-state index contributed by atoms with van der Waals surface area (Å²) < 4.78 is 28.0. The zero-order valence-electron chi connectivity index (χ0n) is 20.3. The van der Waals surface area contributed by atoms with E-state index >= 15 is 0 Å². The maximum Gasteiger partial charge on any atom is 0.231 e. The van der Waals surface area contributed by atoms with Gasteiger partial charge < -0.3 is 23.4 Å². The van der Waals surface area contributed by atoms with Crippen LogP contribution in [0.25, 0.3) is 22.7 Å². The van der Waals surface area contributed by atoms with Gasteiger partial charge in [-0.3, -0.25) is 4.79 Å². The molecule has 4 rings (SSSR count). The van der Waals surface area contributed by atoms with Gasteiger partial charge in [0, 0.05) is 5.56 Å². The van der Waals surface area contributed by atoms with E-state index in [0.29, 0.717) is 45.2 Å². The van der Waals surface area contributed by atoms with Crippen LogP contribution in [0.5, 0.6) is 23.0 Å². The lowest BCUT2D eigenvalue weighted by Crippen LogP contribution is -2.07. The molecule has 1 heterocycles. The summed E-state index contributed by atoms with van der Waals surface area (Å²) >= 11 is 0. The molecule has 3 aromatic carbocycles. The molecule has 4 aromatic rings. The van der Waals surface area contributed by atoms with Crippen molar-refractivity contribution in [3.63, 3.8) is 0 Å². The van der Waals surface area contributed by atoms with Crippen LogP contribution in [0.4, 0.5) is 0 Å². The Morgan fingerprint density at radius 3 is 2.14 bits per heavy atom. The molecular formula is C28H27NO6. The van der Waals surface area contributed by atoms with E-state index in [0.717, 1.165) is 0 Å². The fraction of sp³-hybridized carbons (Fsp3) is 0.214. The third-order valence-corrected chi connectivity index (χ3v) is 5.26. The molecule has 1 aromatic heterocycles. The zero-order valence-corrected chi connectivity index (χ0v) is 20.3. The highest BCUT2D eigenvalue weighted by atomic mass is 16.5. The van der Waals surface area contributed by atoms with E-state index in [2.05, 4.69) is 4.98 Å². The van der Waals surface area contributed by atoms with Crippen molar-refractivity contribution in [3.8, 4) is 23.0 Å². The summed E-state index contributed by atoms with van der Waals surface area (Å²) in [5.74, 6) is 2.06. The number of carbonyl (C=O) groups is 1. The Hall–Kier alpha value is -4.26. The number of nitrogens with zero attached hydrogens (tertiary/aromatic N) is 1. The summed E-state index contributed by atoms with van der Waals surface area (Å²) in [4.78, 5) is 18.3. The smallest absolute Gasteiger partial charge is 0.231 e. The fourth-order valence-corrected chi connectivity index (χ4v) is 3.68. The van der Waals surface area contributed by atoms with Crippen molar-refractivity contribution in [1.82, 2.24) is 4.98 Å². The molecule has 180 valence electrons. The van der Waals surface area contributed by atoms with E-state index in [9.17, 15) is 4.79 Å². The highest BCUT2D eigenvalue weighted by Crippen LogP contribution is 2.39. The van der Waals surface area contributed by atoms with Gasteiger partial charge in [0.05, 0.1) is 33.0 Å². The number of oxazole rings is 1. The van der Waals surface area contributed by atoms with E-state index < -0.39 is 0 Å². The van der Waals surface area contributed by atoms with Crippen molar-refractivity contribution in [1.29, 1.82) is 0 Å². The normalized spacial score (nSPS) is 11.5. The third kappa shape index (κ3) is 5.14. The number of carbonyl (C=O) groups excluding carboxylic acids is 1. The molecule has 0 saturated carbocycles. The monoisotopic (exact) mass is 473 g/mol. The number of methoxy groups -OCH3 is 3. The lowest BCUT2D eigenvalue weighted by Gasteiger charge is -2.13. The van der Waals surface area contributed by atoms with Crippen LogP contribution in [0.3, 0.4) is 0 Å². The molecular weight excluding hydrogens is 446 g/mol. The first-order valence-corrected chi connectivity index (χ1v) is 11.1. The number of ketones is 1. The standard InChI is InChI=1S/C28H27NO6/c1-17(2)34-20-12-10-19(11-13-20)26(30)21(28-29-22-8-6-7-9-23(22)35-28)14-18-15-24(31-3)27(33-5)25(16-18)32-4/h6-17H,1-5H3/b21-14+. The molecule has 0 bridgehead atoms. The van der Waals surface area contributed by atoms with Crippen molar-refractivity contribution in [2.24, 2.45) is 0 Å². The van der Waals surface area contributed by atoms with Crippen LogP contribution < -0.4 is 18.9 Å². The Kier molecular flexibility index (Phi) is 7.06. The van der Waals surface area contributed by atoms with Crippen LogP contribution in [0.2, 0.25) is 0 Å². The number of fused-ring (bicyclic) bond motifs is 1. The van der Waals surface area contributed by atoms with Gasteiger partial charge in [-0.1, -0.05) is 12.1 Å². The van der Waals surface area contributed by atoms with Gasteiger partial charge in [0.25, 0.3) is 0 Å². The number of allylic oxidation sites excluding steroid dienone is 1. The summed E-state index contributed by atoms with van der Waals surface area (Å²) in [7, 11) is 4.62. The second-order valence-electron chi connectivity index (χ2n) is 8.02. The maximum atomic E-state index is 13.7. The molecule has 35 heavy (non-hydrogen) atoms. The van der Waals surface area contributed by atoms with E-state index in [4.69, 9.17) is 23.4 Å². The number of aromatic nitrogens is 1. The van der Waals surface area contributed by atoms with Gasteiger partial charge in [-0.25, -0.2) is 4.98 Å². The predicted molar refractivity (Wildman–Crippen MR) is 135 cm³/mol. The maximum absolute atomic E-state index is 13.7. The van der Waals surface area contributed by atoms with E-state index in [1.165, 1.54) is 7.11 Å². The van der Waals surface area contributed by atoms with Crippen LogP contribution >= 0.6 is 0 Å². The van der Waals surface area contributed by atoms with Crippen LogP contribution in [0, 0.1) is 0 Å². The Morgan fingerprint density at radius 2 is 1.57 bits per heavy atom. The molecule has 0 aliphatic carbocycles. The zero-order chi connectivity index (χ0) is 24.9. The van der Waals surface area contributed by atoms with Crippen molar-refractivity contribution >= 4 is 28.5 Å². The molecule has 0 amide bonds. The van der Waals surface area contributed by atoms with Gasteiger partial charge in [0.1, 0.15) is 11.3 Å². The van der Waals surface area contributed by atoms with Gasteiger partial charge in [-0.2, -0.15) is 0 Å². The van der Waals surface area contributed by atoms with Crippen LogP contribution in [0.15, 0.2) is 65.1 Å². The quantitative estimate of drug-likeness (QED) is 0.216. The van der Waals surface area contributed by atoms with Gasteiger partial charge in [0.15, 0.2) is 22.9 Å². The highest BCUT2D eigenvalue weighted by Gasteiger charge is 2.22. The first kappa shape index (κ1) is 23.9. The number of ether oxygens (including phenoxy) is 4. The Morgan fingerprint density at radius 1 is 0.914 bits per heavy atom. The summed E-state index contributed by atoms with van der Waals surface area (Å²) in [6, 6.07) is 17.9. The Balaban J connectivity index is 1.84. The SMILES string of the molecule is COc1cc(/C=C(\C(=O)c2ccc(OC(C)C)cc2)c2nc3ccccc3o2)cc(OC)c1OC. The molecule has 0 N–H and O–H groups in total. The van der Waals surface area contributed by atoms with Crippen LogP contribution in [0.1, 0.15) is 35.7 Å². The second-order valence-corrected chi connectivity index (χ2v) is 8.02. The summed E-state index contributed by atoms with van der Waals surface area (Å²) in [5.41, 5.74) is 2.67. The van der Waals surface area contributed by atoms with Gasteiger partial charge in [-0.05, 0) is 74.0 Å². The lowest BCUT2D eigenvalue weighted by atomic mass is 10.00. The van der Waals surface area contributed by atoms with E-state index in [1.54, 1.807) is 56.7 Å². The summed E-state index contributed by atoms with van der Waals surface area (Å²) in [6.45, 7) is 3.90. The number of rotatable bonds is 9. The molecule has 0 fully saturated rings. The van der Waals surface area contributed by atoms with Gasteiger partial charge >= 0.3 is 0 Å². The van der Waals surface area contributed by atoms with Crippen molar-refractivity contribution in [3.05, 3.63) is 77.7 Å². The molecule has 7 heteroatoms. The highest BCUT2D eigenvalue weighted by molar-refractivity contribution is 6.31. The molecule has 0 saturated heterocycles. The van der Waals surface area contributed by atoms with Gasteiger partial charge in [-0.15, -0.1) is 0 Å². The average Bonchev–Trinajstić information content (AvgIpc) is 3.30. The van der Waals surface area contributed by atoms with Crippen LogP contribution in [-0.4, -0.2) is 38.2 Å². The predicted octanol–water partition coefficient (Wildman–Crippen LogP) is 6.06. The average molecular weight is 474 g/mol. The Labute approximate surface area is 203 Å². The molecule has 0 radical (unpaired) electrons. The minimum absolute atomic E-state index is 0.0341. The summed E-state index contributed by atoms with van der Waals surface area (Å²) in [5, 5.41) is 0. The minimum Gasteiger partial charge on any atom is -0.493 e. The van der Waals surface area contributed by atoms with E-state index in [1.807, 2.05) is 38.1 Å². The van der Waals surface area contributed by atoms with Crippen molar-refractivity contribution in [2.75, 3.05) is 21.3 Å². The largest absolute Gasteiger partial charge is 0.493 e. The first-order valence-electron chi connectivity index (χ1n) is 11.1. The second kappa shape index (κ2) is 10.3. The topological polar surface area (TPSA) is 80.0 Å². The molecule has 0 aliphatic rings. The molecule has 0 atom stereocenters. The Bertz CT molecular complexity index is 1310. The third-order valence-electron chi connectivity index (χ3n) is 5.26. The number of benzene rings is 3. The van der Waals surface area contributed by atoms with Crippen molar-refractivity contribution in [2.45, 2.75) is 20.0 Å². The minimum atomic E-state index is -0.249. The summed E-state index contributed by atoms with van der Waals surface area (Å²) in [6.07, 6.45) is 1.74. The number of hydrogen-bond donors (Lipinski definition) is 0. The molecule has 0 aliphatic heterocycles. The van der Waals surface area contributed by atoms with E-state index in [-0.39, 0.29) is 23.4 Å². The molecule has 0 spiro atoms. The lowest BCUT2D eigenvalue weighted by molar-refractivity contribution is 0.105. The van der Waals surface area contributed by atoms with Crippen LogP contribution in [-0.2, 0) is 0 Å². The number of para-hydroxylation sites is 2. The van der Waals surface area contributed by atoms with Crippen molar-refractivity contribution < 1.29 is 28.2 Å². The first-order chi connectivity index (χ1) is 16.9. The molecule has 7 nitrogen and oxygen atoms in total. The van der Waals surface area contributed by atoms with Gasteiger partial charge in [0.2, 0.25) is 11.6 Å². The fourth-order valence-electron chi connectivity index (χ4n) is 3.68. The molecule has 0 unspecified atom stereocenters.